The van der Waals surface area contributed by atoms with Crippen LogP contribution >= 0.6 is 0 Å². The first-order valence-corrected chi connectivity index (χ1v) is 11.6. The lowest BCUT2D eigenvalue weighted by molar-refractivity contribution is -0.134. The number of carbonyl (C=O) groups excluding carboxylic acids is 1. The topological polar surface area (TPSA) is 68.0 Å². The Kier molecular flexibility index (Phi) is 4.84. The third-order valence-corrected chi connectivity index (χ3v) is 9.53. The van der Waals surface area contributed by atoms with Crippen molar-refractivity contribution in [3.63, 3.8) is 0 Å². The first-order valence-electron chi connectivity index (χ1n) is 11.6. The van der Waals surface area contributed by atoms with E-state index in [1.165, 1.54) is 12.8 Å². The maximum absolute atomic E-state index is 13.3. The van der Waals surface area contributed by atoms with Gasteiger partial charge in [0, 0.05) is 12.1 Å². The number of Topliss-reactive ketones (excluding diaryl/α,β-unsaturated/α-hetero) is 1. The third kappa shape index (κ3) is 3.17. The molecule has 4 fully saturated rings. The molecular formula is C23H34FN3O2. The first kappa shape index (κ1) is 19.7. The van der Waals surface area contributed by atoms with Crippen molar-refractivity contribution in [1.29, 1.82) is 0 Å². The van der Waals surface area contributed by atoms with Gasteiger partial charge in [-0.25, -0.2) is 9.07 Å². The minimum Gasteiger partial charge on any atom is -0.387 e. The lowest BCUT2D eigenvalue weighted by atomic mass is 9.49. The molecule has 3 unspecified atom stereocenters. The van der Waals surface area contributed by atoms with Gasteiger partial charge in [0.05, 0.1) is 11.8 Å². The van der Waals surface area contributed by atoms with Crippen LogP contribution in [0.4, 0.5) is 4.39 Å². The smallest absolute Gasteiger partial charge is 0.157 e. The highest BCUT2D eigenvalue weighted by Gasteiger charge is 2.59. The molecule has 1 N–H and O–H groups in total. The second-order valence-electron chi connectivity index (χ2n) is 10.8. The van der Waals surface area contributed by atoms with Gasteiger partial charge in [-0.3, -0.25) is 4.79 Å². The fraction of sp³-hybridized carbons (Fsp3) is 0.870. The van der Waals surface area contributed by atoms with Gasteiger partial charge in [-0.1, -0.05) is 12.1 Å². The van der Waals surface area contributed by atoms with Gasteiger partial charge in [-0.2, -0.15) is 0 Å². The number of alkyl halides is 1. The van der Waals surface area contributed by atoms with Gasteiger partial charge >= 0.3 is 0 Å². The van der Waals surface area contributed by atoms with Crippen LogP contribution in [0, 0.1) is 40.9 Å². The minimum absolute atomic E-state index is 0.111. The minimum atomic E-state index is -1.07. The second-order valence-corrected chi connectivity index (χ2v) is 10.8. The van der Waals surface area contributed by atoms with E-state index in [2.05, 4.69) is 17.2 Å². The molecule has 29 heavy (non-hydrogen) atoms. The van der Waals surface area contributed by atoms with Crippen molar-refractivity contribution in [3.8, 4) is 0 Å². The normalized spacial score (nSPS) is 46.6. The van der Waals surface area contributed by atoms with Gasteiger partial charge in [0.1, 0.15) is 13.2 Å². The SMILES string of the molecule is C[C@]12CCC3C(CC[C@@H]4C[C@@](O)(CF)CC[C@H]34)C1CC[C@@H]2C(=O)Cn1ccnn1. The summed E-state index contributed by atoms with van der Waals surface area (Å²) in [5, 5.41) is 18.3. The van der Waals surface area contributed by atoms with Crippen LogP contribution in [0.5, 0.6) is 0 Å². The quantitative estimate of drug-likeness (QED) is 0.830. The Hall–Kier alpha value is -1.30. The Morgan fingerprint density at radius 2 is 1.97 bits per heavy atom. The maximum atomic E-state index is 13.3. The maximum Gasteiger partial charge on any atom is 0.157 e. The molecule has 4 aliphatic carbocycles. The number of fused-ring (bicyclic) bond motifs is 5. The van der Waals surface area contributed by atoms with Crippen LogP contribution in [-0.2, 0) is 11.3 Å². The van der Waals surface area contributed by atoms with Crippen molar-refractivity contribution in [3.05, 3.63) is 12.4 Å². The van der Waals surface area contributed by atoms with Crippen molar-refractivity contribution >= 4 is 5.78 Å². The second kappa shape index (κ2) is 7.14. The number of carbonyl (C=O) groups is 1. The van der Waals surface area contributed by atoms with Crippen molar-refractivity contribution < 1.29 is 14.3 Å². The molecule has 0 saturated heterocycles. The predicted octanol–water partition coefficient (Wildman–Crippen LogP) is 3.82. The summed E-state index contributed by atoms with van der Waals surface area (Å²) < 4.78 is 15.0. The van der Waals surface area contributed by atoms with E-state index in [1.54, 1.807) is 17.1 Å². The van der Waals surface area contributed by atoms with E-state index in [9.17, 15) is 14.3 Å². The van der Waals surface area contributed by atoms with Crippen molar-refractivity contribution in [2.75, 3.05) is 6.67 Å². The van der Waals surface area contributed by atoms with Crippen LogP contribution in [0.15, 0.2) is 12.4 Å². The molecule has 4 aliphatic rings. The molecule has 0 aliphatic heterocycles. The first-order chi connectivity index (χ1) is 13.9. The van der Waals surface area contributed by atoms with E-state index in [0.29, 0.717) is 54.8 Å². The van der Waals surface area contributed by atoms with Crippen molar-refractivity contribution in [2.24, 2.45) is 40.9 Å². The molecule has 6 heteroatoms. The number of aliphatic hydroxyl groups is 1. The molecule has 1 aromatic heterocycles. The summed E-state index contributed by atoms with van der Waals surface area (Å²) in [7, 11) is 0. The lowest BCUT2D eigenvalue weighted by Gasteiger charge is -2.56. The van der Waals surface area contributed by atoms with Crippen LogP contribution < -0.4 is 0 Å². The van der Waals surface area contributed by atoms with Gasteiger partial charge in [0.2, 0.25) is 0 Å². The molecule has 0 spiro atoms. The predicted molar refractivity (Wildman–Crippen MR) is 107 cm³/mol. The Balaban J connectivity index is 1.31. The number of nitrogens with zero attached hydrogens (tertiary/aromatic N) is 3. The van der Waals surface area contributed by atoms with Crippen LogP contribution in [0.1, 0.15) is 64.7 Å². The number of aromatic nitrogens is 3. The molecule has 4 saturated carbocycles. The van der Waals surface area contributed by atoms with E-state index in [-0.39, 0.29) is 11.3 Å². The average molecular weight is 404 g/mol. The monoisotopic (exact) mass is 403 g/mol. The molecule has 0 amide bonds. The van der Waals surface area contributed by atoms with Crippen molar-refractivity contribution in [2.45, 2.75) is 76.9 Å². The summed E-state index contributed by atoms with van der Waals surface area (Å²) in [5.74, 6) is 3.64. The van der Waals surface area contributed by atoms with E-state index < -0.39 is 12.3 Å². The fourth-order valence-corrected chi connectivity index (χ4v) is 8.20. The van der Waals surface area contributed by atoms with Crippen LogP contribution in [0.2, 0.25) is 0 Å². The van der Waals surface area contributed by atoms with E-state index in [1.807, 2.05) is 0 Å². The molecule has 8 atom stereocenters. The Bertz CT molecular complexity index is 755. The molecule has 0 bridgehead atoms. The highest BCUT2D eigenvalue weighted by Crippen LogP contribution is 2.64. The standard InChI is InChI=1S/C23H34FN3O2/c1-22-8-6-17-16-7-9-23(29,14-24)12-15(16)2-3-18(17)19(22)4-5-20(22)21(28)13-27-11-10-25-26-27/h10-11,15-20,29H,2-9,12-14H2,1H3/t15-,16+,17?,18?,19?,20-,22+,23-/m1/s1. The summed E-state index contributed by atoms with van der Waals surface area (Å²) in [6.07, 6.45) is 12.5. The Morgan fingerprint density at radius 3 is 2.72 bits per heavy atom. The van der Waals surface area contributed by atoms with Gasteiger partial charge in [0.25, 0.3) is 0 Å². The molecule has 160 valence electrons. The summed E-state index contributed by atoms with van der Waals surface area (Å²) >= 11 is 0. The van der Waals surface area contributed by atoms with Crippen LogP contribution in [-0.4, -0.2) is 38.2 Å². The summed E-state index contributed by atoms with van der Waals surface area (Å²) in [6, 6.07) is 0. The highest BCUT2D eigenvalue weighted by atomic mass is 19.1. The van der Waals surface area contributed by atoms with E-state index in [4.69, 9.17) is 0 Å². The molecule has 5 nitrogen and oxygen atoms in total. The van der Waals surface area contributed by atoms with Gasteiger partial charge < -0.3 is 5.11 Å². The third-order valence-electron chi connectivity index (χ3n) is 9.53. The average Bonchev–Trinajstić information content (AvgIpc) is 3.34. The number of hydrogen-bond acceptors (Lipinski definition) is 4. The Morgan fingerprint density at radius 1 is 1.14 bits per heavy atom. The molecular weight excluding hydrogens is 369 g/mol. The van der Waals surface area contributed by atoms with E-state index in [0.717, 1.165) is 32.1 Å². The van der Waals surface area contributed by atoms with E-state index >= 15 is 0 Å². The number of rotatable bonds is 4. The number of halogens is 1. The molecule has 0 aromatic carbocycles. The zero-order chi connectivity index (χ0) is 20.2. The summed E-state index contributed by atoms with van der Waals surface area (Å²) in [4.78, 5) is 13.1. The lowest BCUT2D eigenvalue weighted by Crippen LogP contribution is -2.52. The fourth-order valence-electron chi connectivity index (χ4n) is 8.20. The molecule has 1 aromatic rings. The summed E-state index contributed by atoms with van der Waals surface area (Å²) in [5.41, 5.74) is -0.955. The van der Waals surface area contributed by atoms with Crippen LogP contribution in [0.3, 0.4) is 0 Å². The molecule has 1 heterocycles. The van der Waals surface area contributed by atoms with Crippen molar-refractivity contribution in [1.82, 2.24) is 15.0 Å². The van der Waals surface area contributed by atoms with Gasteiger partial charge in [0.15, 0.2) is 5.78 Å². The Labute approximate surface area is 172 Å². The number of ketones is 1. The van der Waals surface area contributed by atoms with Gasteiger partial charge in [-0.15, -0.1) is 5.10 Å². The van der Waals surface area contributed by atoms with Gasteiger partial charge in [-0.05, 0) is 92.8 Å². The zero-order valence-electron chi connectivity index (χ0n) is 17.5. The zero-order valence-corrected chi connectivity index (χ0v) is 17.5. The summed E-state index contributed by atoms with van der Waals surface area (Å²) in [6.45, 7) is 2.12. The number of hydrogen-bond donors (Lipinski definition) is 1. The molecule has 5 rings (SSSR count). The largest absolute Gasteiger partial charge is 0.387 e. The molecule has 0 radical (unpaired) electrons. The van der Waals surface area contributed by atoms with Crippen LogP contribution in [0.25, 0.3) is 0 Å². The highest BCUT2D eigenvalue weighted by molar-refractivity contribution is 5.82.